The maximum absolute atomic E-state index is 14.3. The molecule has 0 spiro atoms. The average molecular weight is 434 g/mol. The lowest BCUT2D eigenvalue weighted by Crippen LogP contribution is -2.54. The number of nitrogens with one attached hydrogen (secondary N) is 1. The molecule has 0 radical (unpaired) electrons. The Morgan fingerprint density at radius 1 is 1.06 bits per heavy atom. The molecule has 2 fully saturated rings. The number of hydrogen-bond donors (Lipinski definition) is 2. The standard InChI is InChI=1S/C21H24F2N4O4/c22-21(23,11-24)16-3-1-2-8-26(16)10-12-4-5-13-14(9-12)20(31)27(19(13)30)15-6-7-17(28)25-18(15)29/h4-5,9,15-16H,1-3,6-8,10-11,24H2,(H,25,28,29). The summed E-state index contributed by atoms with van der Waals surface area (Å²) in [6.07, 6.45) is 1.96. The maximum atomic E-state index is 14.3. The summed E-state index contributed by atoms with van der Waals surface area (Å²) >= 11 is 0. The highest BCUT2D eigenvalue weighted by Gasteiger charge is 2.45. The first-order valence-corrected chi connectivity index (χ1v) is 10.4. The number of carbonyl (C=O) groups excluding carboxylic acids is 4. The van der Waals surface area contributed by atoms with Gasteiger partial charge in [0, 0.05) is 13.0 Å². The van der Waals surface area contributed by atoms with Gasteiger partial charge in [-0.15, -0.1) is 0 Å². The van der Waals surface area contributed by atoms with E-state index in [1.54, 1.807) is 11.0 Å². The van der Waals surface area contributed by atoms with Gasteiger partial charge in [0.25, 0.3) is 17.7 Å². The van der Waals surface area contributed by atoms with Crippen molar-refractivity contribution in [1.29, 1.82) is 0 Å². The molecule has 2 unspecified atom stereocenters. The number of likely N-dealkylation sites (tertiary alicyclic amines) is 1. The maximum Gasteiger partial charge on any atom is 0.275 e. The van der Waals surface area contributed by atoms with E-state index in [0.717, 1.165) is 11.3 Å². The summed E-state index contributed by atoms with van der Waals surface area (Å²) in [5, 5.41) is 2.15. The number of piperidine rings is 2. The van der Waals surface area contributed by atoms with E-state index in [1.165, 1.54) is 12.1 Å². The summed E-state index contributed by atoms with van der Waals surface area (Å²) in [7, 11) is 0. The van der Waals surface area contributed by atoms with Gasteiger partial charge in [0.05, 0.1) is 23.7 Å². The third kappa shape index (κ3) is 3.85. The van der Waals surface area contributed by atoms with Gasteiger partial charge in [-0.25, -0.2) is 8.78 Å². The minimum Gasteiger partial charge on any atom is -0.325 e. The Balaban J connectivity index is 1.56. The van der Waals surface area contributed by atoms with Crippen molar-refractivity contribution in [3.8, 4) is 0 Å². The van der Waals surface area contributed by atoms with Gasteiger partial charge in [-0.1, -0.05) is 12.5 Å². The van der Waals surface area contributed by atoms with Crippen LogP contribution in [0.25, 0.3) is 0 Å². The molecule has 3 aliphatic rings. The van der Waals surface area contributed by atoms with E-state index in [-0.39, 0.29) is 30.5 Å². The highest BCUT2D eigenvalue weighted by atomic mass is 19.3. The van der Waals surface area contributed by atoms with Crippen molar-refractivity contribution in [2.24, 2.45) is 5.73 Å². The summed E-state index contributed by atoms with van der Waals surface area (Å²) < 4.78 is 28.6. The Morgan fingerprint density at radius 2 is 1.81 bits per heavy atom. The van der Waals surface area contributed by atoms with Crippen molar-refractivity contribution >= 4 is 23.6 Å². The van der Waals surface area contributed by atoms with Crippen LogP contribution in [0.4, 0.5) is 8.78 Å². The molecule has 31 heavy (non-hydrogen) atoms. The molecule has 2 atom stereocenters. The topological polar surface area (TPSA) is 113 Å². The van der Waals surface area contributed by atoms with E-state index in [0.29, 0.717) is 24.9 Å². The van der Waals surface area contributed by atoms with Crippen LogP contribution in [0.5, 0.6) is 0 Å². The normalized spacial score (nSPS) is 25.1. The molecule has 0 bridgehead atoms. The van der Waals surface area contributed by atoms with Crippen LogP contribution >= 0.6 is 0 Å². The van der Waals surface area contributed by atoms with Crippen LogP contribution in [0.1, 0.15) is 58.4 Å². The summed E-state index contributed by atoms with van der Waals surface area (Å²) in [4.78, 5) is 51.8. The summed E-state index contributed by atoms with van der Waals surface area (Å²) in [6, 6.07) is 2.66. The number of hydrogen-bond acceptors (Lipinski definition) is 6. The van der Waals surface area contributed by atoms with Crippen molar-refractivity contribution < 1.29 is 28.0 Å². The van der Waals surface area contributed by atoms with E-state index in [1.807, 2.05) is 0 Å². The van der Waals surface area contributed by atoms with Gasteiger partial charge in [-0.2, -0.15) is 0 Å². The van der Waals surface area contributed by atoms with Gasteiger partial charge in [-0.05, 0) is 43.5 Å². The fourth-order valence-corrected chi connectivity index (χ4v) is 4.65. The predicted octanol–water partition coefficient (Wildman–Crippen LogP) is 1.04. The number of carbonyl (C=O) groups is 4. The third-order valence-electron chi connectivity index (χ3n) is 6.26. The molecule has 0 aliphatic carbocycles. The lowest BCUT2D eigenvalue weighted by atomic mass is 9.95. The van der Waals surface area contributed by atoms with Crippen molar-refractivity contribution in [1.82, 2.24) is 15.1 Å². The van der Waals surface area contributed by atoms with Gasteiger partial charge < -0.3 is 5.73 Å². The van der Waals surface area contributed by atoms with Crippen molar-refractivity contribution in [2.45, 2.75) is 56.7 Å². The van der Waals surface area contributed by atoms with E-state index in [4.69, 9.17) is 5.73 Å². The third-order valence-corrected chi connectivity index (χ3v) is 6.26. The molecule has 3 aliphatic heterocycles. The highest BCUT2D eigenvalue weighted by molar-refractivity contribution is 6.23. The van der Waals surface area contributed by atoms with Crippen LogP contribution < -0.4 is 11.1 Å². The van der Waals surface area contributed by atoms with E-state index >= 15 is 0 Å². The minimum absolute atomic E-state index is 0.0424. The molecule has 0 aromatic heterocycles. The van der Waals surface area contributed by atoms with Crippen molar-refractivity contribution in [3.63, 3.8) is 0 Å². The molecular weight excluding hydrogens is 410 g/mol. The average Bonchev–Trinajstić information content (AvgIpc) is 2.98. The van der Waals surface area contributed by atoms with E-state index < -0.39 is 48.2 Å². The lowest BCUT2D eigenvalue weighted by molar-refractivity contribution is -0.136. The van der Waals surface area contributed by atoms with Gasteiger partial charge in [0.2, 0.25) is 11.8 Å². The minimum atomic E-state index is -3.01. The second kappa shape index (κ2) is 8.08. The molecule has 0 saturated carbocycles. The van der Waals surface area contributed by atoms with Crippen LogP contribution in [-0.4, -0.2) is 64.5 Å². The van der Waals surface area contributed by atoms with Crippen LogP contribution in [0.2, 0.25) is 0 Å². The predicted molar refractivity (Wildman–Crippen MR) is 105 cm³/mol. The van der Waals surface area contributed by atoms with Gasteiger partial charge in [0.1, 0.15) is 6.04 Å². The Labute approximate surface area is 177 Å². The first kappa shape index (κ1) is 21.5. The molecule has 3 heterocycles. The number of benzene rings is 1. The first-order chi connectivity index (χ1) is 14.7. The summed E-state index contributed by atoms with van der Waals surface area (Å²) in [5.41, 5.74) is 6.23. The van der Waals surface area contributed by atoms with Crippen molar-refractivity contribution in [3.05, 3.63) is 34.9 Å². The zero-order valence-corrected chi connectivity index (χ0v) is 16.9. The first-order valence-electron chi connectivity index (χ1n) is 10.4. The second-order valence-corrected chi connectivity index (χ2v) is 8.27. The summed E-state index contributed by atoms with van der Waals surface area (Å²) in [6.45, 7) is -0.0354. The number of alkyl halides is 2. The van der Waals surface area contributed by atoms with Crippen LogP contribution in [-0.2, 0) is 16.1 Å². The molecule has 166 valence electrons. The largest absolute Gasteiger partial charge is 0.325 e. The molecule has 1 aromatic carbocycles. The second-order valence-electron chi connectivity index (χ2n) is 8.27. The molecule has 2 saturated heterocycles. The number of imide groups is 2. The van der Waals surface area contributed by atoms with Gasteiger partial charge in [0.15, 0.2) is 0 Å². The number of halogens is 2. The van der Waals surface area contributed by atoms with Crippen LogP contribution in [0, 0.1) is 0 Å². The quantitative estimate of drug-likeness (QED) is 0.670. The summed E-state index contributed by atoms with van der Waals surface area (Å²) in [5.74, 6) is -5.33. The molecule has 4 rings (SSSR count). The fraction of sp³-hybridized carbons (Fsp3) is 0.524. The smallest absolute Gasteiger partial charge is 0.275 e. The Kier molecular flexibility index (Phi) is 5.61. The zero-order chi connectivity index (χ0) is 22.3. The Hall–Kier alpha value is -2.72. The molecule has 8 nitrogen and oxygen atoms in total. The van der Waals surface area contributed by atoms with E-state index in [2.05, 4.69) is 5.32 Å². The Bertz CT molecular complexity index is 951. The number of fused-ring (bicyclic) bond motifs is 1. The van der Waals surface area contributed by atoms with Gasteiger partial charge >= 0.3 is 0 Å². The molecule has 3 N–H and O–H groups in total. The van der Waals surface area contributed by atoms with Gasteiger partial charge in [-0.3, -0.25) is 34.3 Å². The molecule has 10 heteroatoms. The Morgan fingerprint density at radius 3 is 2.52 bits per heavy atom. The zero-order valence-electron chi connectivity index (χ0n) is 16.9. The number of nitrogens with two attached hydrogens (primary N) is 1. The molecule has 4 amide bonds. The number of amides is 4. The van der Waals surface area contributed by atoms with Crippen LogP contribution in [0.3, 0.4) is 0 Å². The van der Waals surface area contributed by atoms with Crippen LogP contribution in [0.15, 0.2) is 18.2 Å². The fourth-order valence-electron chi connectivity index (χ4n) is 4.65. The molecular formula is C21H24F2N4O4. The SMILES string of the molecule is NCC(F)(F)C1CCCCN1Cc1ccc2c(c1)C(=O)N(C1CCC(=O)NC1=O)C2=O. The number of nitrogens with zero attached hydrogens (tertiary/aromatic N) is 2. The lowest BCUT2D eigenvalue weighted by Gasteiger charge is -2.39. The number of rotatable bonds is 5. The monoisotopic (exact) mass is 434 g/mol. The van der Waals surface area contributed by atoms with E-state index in [9.17, 15) is 28.0 Å². The highest BCUT2D eigenvalue weighted by Crippen LogP contribution is 2.33. The van der Waals surface area contributed by atoms with Crippen molar-refractivity contribution in [2.75, 3.05) is 13.1 Å². The molecule has 1 aromatic rings.